The van der Waals surface area contributed by atoms with Gasteiger partial charge in [-0.05, 0) is 42.5 Å². The third kappa shape index (κ3) is 5.99. The lowest BCUT2D eigenvalue weighted by atomic mass is 10.1. The molecule has 0 unspecified atom stereocenters. The molecule has 2 amide bonds. The van der Waals surface area contributed by atoms with Gasteiger partial charge in [0.05, 0.1) is 10.7 Å². The number of hydrogen-bond acceptors (Lipinski definition) is 5. The van der Waals surface area contributed by atoms with Crippen LogP contribution < -0.4 is 4.90 Å². The molecule has 4 rings (SSSR count). The van der Waals surface area contributed by atoms with Gasteiger partial charge in [0.15, 0.2) is 5.82 Å². The topological polar surface area (TPSA) is 69.6 Å². The maximum absolute atomic E-state index is 13.0. The summed E-state index contributed by atoms with van der Waals surface area (Å²) in [6, 6.07) is 18.0. The molecule has 2 aromatic carbocycles. The third-order valence-corrected chi connectivity index (χ3v) is 6.39. The van der Waals surface area contributed by atoms with Crippen molar-refractivity contribution in [3.05, 3.63) is 88.9 Å². The zero-order chi connectivity index (χ0) is 24.8. The van der Waals surface area contributed by atoms with Gasteiger partial charge in [0.2, 0.25) is 5.91 Å². The number of aromatic nitrogens is 2. The van der Waals surface area contributed by atoms with E-state index >= 15 is 0 Å². The van der Waals surface area contributed by atoms with Crippen molar-refractivity contribution in [3.63, 3.8) is 0 Å². The molecule has 1 aromatic heterocycles. The molecule has 0 aliphatic carbocycles. The molecule has 3 aromatic rings. The predicted octanol–water partition coefficient (Wildman–Crippen LogP) is 4.43. The Morgan fingerprint density at radius 2 is 1.66 bits per heavy atom. The quantitative estimate of drug-likeness (QED) is 0.440. The van der Waals surface area contributed by atoms with Crippen LogP contribution >= 0.6 is 23.2 Å². The lowest BCUT2D eigenvalue weighted by molar-refractivity contribution is -0.132. The molecule has 0 bridgehead atoms. The molecular formula is C26H25Cl2N5O2. The van der Waals surface area contributed by atoms with E-state index in [1.165, 1.54) is 4.90 Å². The fourth-order valence-electron chi connectivity index (χ4n) is 3.90. The summed E-state index contributed by atoms with van der Waals surface area (Å²) in [7, 11) is 0. The maximum Gasteiger partial charge on any atom is 0.254 e. The standard InChI is InChI=1S/C26H25Cl2N5O2/c1-2-13-33(26(35)19-7-9-20(27)10-8-19)18-25(34)32-16-14-31(15-17-32)24-12-11-23(29-30-24)21-5-3-4-6-22(21)28/h2-12H,1,13-18H2. The first-order valence-corrected chi connectivity index (χ1v) is 12.0. The molecule has 1 aliphatic heterocycles. The number of carbonyl (C=O) groups is 2. The molecule has 0 atom stereocenters. The molecule has 9 heteroatoms. The second-order valence-electron chi connectivity index (χ2n) is 8.11. The van der Waals surface area contributed by atoms with E-state index < -0.39 is 0 Å². The number of halogens is 2. The van der Waals surface area contributed by atoms with Crippen molar-refractivity contribution >= 4 is 40.8 Å². The molecule has 1 fully saturated rings. The van der Waals surface area contributed by atoms with Crippen molar-refractivity contribution < 1.29 is 9.59 Å². The van der Waals surface area contributed by atoms with Gasteiger partial charge < -0.3 is 14.7 Å². The van der Waals surface area contributed by atoms with E-state index in [2.05, 4.69) is 21.7 Å². The minimum absolute atomic E-state index is 0.0141. The van der Waals surface area contributed by atoms with E-state index in [9.17, 15) is 9.59 Å². The Labute approximate surface area is 214 Å². The zero-order valence-corrected chi connectivity index (χ0v) is 20.6. The van der Waals surface area contributed by atoms with Crippen molar-refractivity contribution in [3.8, 4) is 11.3 Å². The van der Waals surface area contributed by atoms with Crippen LogP contribution in [0, 0.1) is 0 Å². The van der Waals surface area contributed by atoms with Crippen LogP contribution in [-0.2, 0) is 4.79 Å². The van der Waals surface area contributed by atoms with Gasteiger partial charge >= 0.3 is 0 Å². The van der Waals surface area contributed by atoms with E-state index in [-0.39, 0.29) is 24.9 Å². The summed E-state index contributed by atoms with van der Waals surface area (Å²) in [5, 5.41) is 9.88. The lowest BCUT2D eigenvalue weighted by Crippen LogP contribution is -2.52. The van der Waals surface area contributed by atoms with Gasteiger partial charge in [0.25, 0.3) is 5.91 Å². The van der Waals surface area contributed by atoms with E-state index in [1.807, 2.05) is 36.4 Å². The van der Waals surface area contributed by atoms with Crippen LogP contribution in [0.15, 0.2) is 73.3 Å². The van der Waals surface area contributed by atoms with Gasteiger partial charge in [-0.1, -0.05) is 47.5 Å². The monoisotopic (exact) mass is 509 g/mol. The van der Waals surface area contributed by atoms with Gasteiger partial charge in [-0.3, -0.25) is 9.59 Å². The first-order valence-electron chi connectivity index (χ1n) is 11.2. The van der Waals surface area contributed by atoms with Gasteiger partial charge in [0, 0.05) is 48.9 Å². The number of piperazine rings is 1. The molecule has 35 heavy (non-hydrogen) atoms. The molecule has 0 radical (unpaired) electrons. The number of benzene rings is 2. The molecule has 2 heterocycles. The van der Waals surface area contributed by atoms with E-state index in [0.29, 0.717) is 47.5 Å². The fourth-order valence-corrected chi connectivity index (χ4v) is 4.26. The zero-order valence-electron chi connectivity index (χ0n) is 19.1. The van der Waals surface area contributed by atoms with Crippen LogP contribution in [0.2, 0.25) is 10.0 Å². The molecule has 0 saturated carbocycles. The van der Waals surface area contributed by atoms with Crippen molar-refractivity contribution in [2.75, 3.05) is 44.2 Å². The average molecular weight is 510 g/mol. The van der Waals surface area contributed by atoms with Crippen molar-refractivity contribution in [1.82, 2.24) is 20.0 Å². The van der Waals surface area contributed by atoms with Crippen molar-refractivity contribution in [2.45, 2.75) is 0 Å². The average Bonchev–Trinajstić information content (AvgIpc) is 2.89. The lowest BCUT2D eigenvalue weighted by Gasteiger charge is -2.36. The Morgan fingerprint density at radius 3 is 2.29 bits per heavy atom. The highest BCUT2D eigenvalue weighted by molar-refractivity contribution is 6.33. The maximum atomic E-state index is 13.0. The number of amides is 2. The predicted molar refractivity (Wildman–Crippen MR) is 139 cm³/mol. The summed E-state index contributed by atoms with van der Waals surface area (Å²) in [6.45, 7) is 6.29. The largest absolute Gasteiger partial charge is 0.352 e. The smallest absolute Gasteiger partial charge is 0.254 e. The van der Waals surface area contributed by atoms with Crippen molar-refractivity contribution in [1.29, 1.82) is 0 Å². The Balaban J connectivity index is 1.34. The normalized spacial score (nSPS) is 13.4. The Kier molecular flexibility index (Phi) is 8.00. The molecule has 1 saturated heterocycles. The van der Waals surface area contributed by atoms with Gasteiger partial charge in [-0.15, -0.1) is 16.8 Å². The summed E-state index contributed by atoms with van der Waals surface area (Å²) >= 11 is 12.2. The van der Waals surface area contributed by atoms with Crippen LogP contribution in [0.4, 0.5) is 5.82 Å². The molecule has 0 N–H and O–H groups in total. The number of carbonyl (C=O) groups excluding carboxylic acids is 2. The van der Waals surface area contributed by atoms with Gasteiger partial charge in [-0.25, -0.2) is 0 Å². The summed E-state index contributed by atoms with van der Waals surface area (Å²) in [5.74, 6) is 0.413. The summed E-state index contributed by atoms with van der Waals surface area (Å²) in [5.41, 5.74) is 2.02. The van der Waals surface area contributed by atoms with Crippen LogP contribution in [0.1, 0.15) is 10.4 Å². The molecular weight excluding hydrogens is 485 g/mol. The molecule has 0 spiro atoms. The van der Waals surface area contributed by atoms with Gasteiger partial charge in [-0.2, -0.15) is 0 Å². The van der Waals surface area contributed by atoms with E-state index in [4.69, 9.17) is 23.2 Å². The minimum Gasteiger partial charge on any atom is -0.352 e. The highest BCUT2D eigenvalue weighted by atomic mass is 35.5. The molecule has 1 aliphatic rings. The second-order valence-corrected chi connectivity index (χ2v) is 8.95. The number of rotatable bonds is 7. The van der Waals surface area contributed by atoms with Crippen LogP contribution in [0.3, 0.4) is 0 Å². The highest BCUT2D eigenvalue weighted by Gasteiger charge is 2.25. The van der Waals surface area contributed by atoms with Crippen LogP contribution in [0.5, 0.6) is 0 Å². The third-order valence-electron chi connectivity index (χ3n) is 5.81. The fraction of sp³-hybridized carbons (Fsp3) is 0.231. The van der Waals surface area contributed by atoms with Crippen LogP contribution in [0.25, 0.3) is 11.3 Å². The van der Waals surface area contributed by atoms with Crippen molar-refractivity contribution in [2.24, 2.45) is 0 Å². The molecule has 180 valence electrons. The Bertz CT molecular complexity index is 1190. The Hall–Kier alpha value is -3.42. The first kappa shape index (κ1) is 24.7. The molecule has 7 nitrogen and oxygen atoms in total. The minimum atomic E-state index is -0.234. The van der Waals surface area contributed by atoms with Gasteiger partial charge in [0.1, 0.15) is 6.54 Å². The second kappa shape index (κ2) is 11.3. The number of anilines is 1. The Morgan fingerprint density at radius 1 is 0.943 bits per heavy atom. The summed E-state index contributed by atoms with van der Waals surface area (Å²) < 4.78 is 0. The number of nitrogens with zero attached hydrogens (tertiary/aromatic N) is 5. The highest BCUT2D eigenvalue weighted by Crippen LogP contribution is 2.26. The summed E-state index contributed by atoms with van der Waals surface area (Å²) in [4.78, 5) is 31.2. The first-order chi connectivity index (χ1) is 17.0. The van der Waals surface area contributed by atoms with E-state index in [0.717, 1.165) is 11.4 Å². The van der Waals surface area contributed by atoms with Crippen LogP contribution in [-0.4, -0.2) is 71.1 Å². The SMILES string of the molecule is C=CCN(CC(=O)N1CCN(c2ccc(-c3ccccc3Cl)nn2)CC1)C(=O)c1ccc(Cl)cc1. The number of hydrogen-bond donors (Lipinski definition) is 0. The van der Waals surface area contributed by atoms with E-state index in [1.54, 1.807) is 35.2 Å². The summed E-state index contributed by atoms with van der Waals surface area (Å²) in [6.07, 6.45) is 1.62.